The maximum atomic E-state index is 10.9. The lowest BCUT2D eigenvalue weighted by Crippen LogP contribution is -2.47. The molecular formula is C20H21NOS. The predicted molar refractivity (Wildman–Crippen MR) is 95.7 cm³/mol. The van der Waals surface area contributed by atoms with Crippen molar-refractivity contribution >= 4 is 23.2 Å². The summed E-state index contributed by atoms with van der Waals surface area (Å²) in [6, 6.07) is 16.0. The van der Waals surface area contributed by atoms with Crippen molar-refractivity contribution in [2.24, 2.45) is 0 Å². The van der Waals surface area contributed by atoms with Crippen LogP contribution in [0.3, 0.4) is 0 Å². The topological polar surface area (TPSA) is 20.3 Å². The molecule has 0 radical (unpaired) electrons. The zero-order valence-corrected chi connectivity index (χ0v) is 14.0. The molecule has 2 unspecified atom stereocenters. The Morgan fingerprint density at radius 1 is 1.13 bits per heavy atom. The van der Waals surface area contributed by atoms with E-state index in [2.05, 4.69) is 47.4 Å². The maximum Gasteiger partial charge on any atom is 0.160 e. The normalized spacial score (nSPS) is 24.3. The van der Waals surface area contributed by atoms with E-state index in [0.29, 0.717) is 12.1 Å². The second kappa shape index (κ2) is 6.42. The lowest BCUT2D eigenvalue weighted by Gasteiger charge is -2.45. The average Bonchev–Trinajstić information content (AvgIpc) is 3.05. The monoisotopic (exact) mass is 323 g/mol. The summed E-state index contributed by atoms with van der Waals surface area (Å²) in [5, 5.41) is 0. The summed E-state index contributed by atoms with van der Waals surface area (Å²) >= 11 is 1.63. The van der Waals surface area contributed by atoms with E-state index < -0.39 is 0 Å². The Hall–Kier alpha value is -1.71. The lowest BCUT2D eigenvalue weighted by atomic mass is 9.84. The number of nitrogens with zero attached hydrogens (tertiary/aromatic N) is 1. The molecule has 1 aromatic heterocycles. The van der Waals surface area contributed by atoms with E-state index in [0.717, 1.165) is 24.1 Å². The second-order valence-corrected chi connectivity index (χ2v) is 7.64. The van der Waals surface area contributed by atoms with Gasteiger partial charge in [0.25, 0.3) is 0 Å². The third-order valence-corrected chi connectivity index (χ3v) is 6.13. The van der Waals surface area contributed by atoms with Gasteiger partial charge in [-0.2, -0.15) is 0 Å². The molecule has 1 saturated heterocycles. The summed E-state index contributed by atoms with van der Waals surface area (Å²) in [6.45, 7) is 1.05. The van der Waals surface area contributed by atoms with Crippen LogP contribution < -0.4 is 0 Å². The van der Waals surface area contributed by atoms with Gasteiger partial charge in [-0.25, -0.2) is 0 Å². The SMILES string of the molecule is O=Cc1ccc(C2=CC3CCCC(C2)N3Cc2ccccc2)s1. The molecule has 0 spiro atoms. The average molecular weight is 323 g/mol. The van der Waals surface area contributed by atoms with Crippen molar-refractivity contribution in [1.29, 1.82) is 0 Å². The smallest absolute Gasteiger partial charge is 0.160 e. The van der Waals surface area contributed by atoms with Gasteiger partial charge in [0, 0.05) is 23.5 Å². The molecule has 2 atom stereocenters. The van der Waals surface area contributed by atoms with Crippen LogP contribution in [0.15, 0.2) is 48.5 Å². The van der Waals surface area contributed by atoms with Crippen LogP contribution in [-0.2, 0) is 6.54 Å². The van der Waals surface area contributed by atoms with Crippen LogP contribution in [0.4, 0.5) is 0 Å². The number of fused-ring (bicyclic) bond motifs is 2. The summed E-state index contributed by atoms with van der Waals surface area (Å²) in [4.78, 5) is 15.7. The van der Waals surface area contributed by atoms with E-state index in [1.807, 2.05) is 6.07 Å². The van der Waals surface area contributed by atoms with E-state index >= 15 is 0 Å². The van der Waals surface area contributed by atoms with Crippen molar-refractivity contribution in [1.82, 2.24) is 4.90 Å². The molecule has 3 heterocycles. The van der Waals surface area contributed by atoms with E-state index in [4.69, 9.17) is 0 Å². The fourth-order valence-electron chi connectivity index (χ4n) is 3.93. The van der Waals surface area contributed by atoms with Gasteiger partial charge in [0.2, 0.25) is 0 Å². The molecule has 0 amide bonds. The highest BCUT2D eigenvalue weighted by Crippen LogP contribution is 2.39. The van der Waals surface area contributed by atoms with Crippen molar-refractivity contribution in [2.75, 3.05) is 0 Å². The molecule has 1 aromatic carbocycles. The fourth-order valence-corrected chi connectivity index (χ4v) is 4.79. The maximum absolute atomic E-state index is 10.9. The third kappa shape index (κ3) is 3.04. The minimum atomic E-state index is 0.541. The Bertz CT molecular complexity index is 718. The summed E-state index contributed by atoms with van der Waals surface area (Å²) in [5.74, 6) is 0. The molecule has 2 bridgehead atoms. The van der Waals surface area contributed by atoms with Crippen LogP contribution in [0.25, 0.3) is 5.57 Å². The van der Waals surface area contributed by atoms with E-state index in [9.17, 15) is 4.79 Å². The highest BCUT2D eigenvalue weighted by Gasteiger charge is 2.34. The van der Waals surface area contributed by atoms with Crippen LogP contribution in [-0.4, -0.2) is 23.3 Å². The number of thiophene rings is 1. The first-order chi connectivity index (χ1) is 11.3. The van der Waals surface area contributed by atoms with Gasteiger partial charge in [-0.3, -0.25) is 9.69 Å². The standard InChI is InChI=1S/C20H21NOS/c22-14-19-9-10-20(23-19)16-11-17-7-4-8-18(12-16)21(17)13-15-5-2-1-3-6-15/h1-3,5-6,9-11,14,17-18H,4,7-8,12-13H2. The van der Waals surface area contributed by atoms with Gasteiger partial charge >= 0.3 is 0 Å². The predicted octanol–water partition coefficient (Wildman–Crippen LogP) is 4.77. The number of piperidine rings is 1. The van der Waals surface area contributed by atoms with Crippen molar-refractivity contribution in [2.45, 2.75) is 44.3 Å². The number of rotatable bonds is 4. The van der Waals surface area contributed by atoms with Crippen LogP contribution >= 0.6 is 11.3 Å². The number of aldehydes is 1. The van der Waals surface area contributed by atoms with Crippen LogP contribution in [0.2, 0.25) is 0 Å². The molecule has 2 aliphatic heterocycles. The Morgan fingerprint density at radius 2 is 2.00 bits per heavy atom. The minimum Gasteiger partial charge on any atom is -0.297 e. The first kappa shape index (κ1) is 14.9. The number of hydrogen-bond donors (Lipinski definition) is 0. The lowest BCUT2D eigenvalue weighted by molar-refractivity contribution is 0.0952. The van der Waals surface area contributed by atoms with E-state index in [1.165, 1.54) is 35.3 Å². The van der Waals surface area contributed by atoms with Gasteiger partial charge in [0.1, 0.15) is 0 Å². The molecule has 2 nitrogen and oxygen atoms in total. The Balaban J connectivity index is 1.59. The molecule has 0 aliphatic carbocycles. The van der Waals surface area contributed by atoms with E-state index in [-0.39, 0.29) is 0 Å². The molecule has 23 heavy (non-hydrogen) atoms. The Kier molecular flexibility index (Phi) is 4.15. The van der Waals surface area contributed by atoms with Gasteiger partial charge < -0.3 is 0 Å². The number of carbonyl (C=O) groups excluding carboxylic acids is 1. The zero-order valence-electron chi connectivity index (χ0n) is 13.2. The number of carbonyl (C=O) groups is 1. The molecule has 2 aromatic rings. The minimum absolute atomic E-state index is 0.541. The Morgan fingerprint density at radius 3 is 2.74 bits per heavy atom. The molecule has 1 fully saturated rings. The molecule has 4 rings (SSSR count). The summed E-state index contributed by atoms with van der Waals surface area (Å²) in [6.07, 6.45) is 8.39. The first-order valence-corrected chi connectivity index (χ1v) is 9.21. The van der Waals surface area contributed by atoms with Crippen molar-refractivity contribution < 1.29 is 4.79 Å². The van der Waals surface area contributed by atoms with Crippen LogP contribution in [0.5, 0.6) is 0 Å². The number of hydrogen-bond acceptors (Lipinski definition) is 3. The molecule has 3 heteroatoms. The summed E-state index contributed by atoms with van der Waals surface area (Å²) < 4.78 is 0. The van der Waals surface area contributed by atoms with E-state index in [1.54, 1.807) is 11.3 Å². The molecular weight excluding hydrogens is 302 g/mol. The van der Waals surface area contributed by atoms with Crippen LogP contribution in [0, 0.1) is 0 Å². The number of benzene rings is 1. The summed E-state index contributed by atoms with van der Waals surface area (Å²) in [7, 11) is 0. The Labute approximate surface area is 141 Å². The highest BCUT2D eigenvalue weighted by atomic mass is 32.1. The van der Waals surface area contributed by atoms with Crippen molar-refractivity contribution in [3.63, 3.8) is 0 Å². The third-order valence-electron chi connectivity index (χ3n) is 5.05. The molecule has 2 aliphatic rings. The molecule has 0 saturated carbocycles. The highest BCUT2D eigenvalue weighted by molar-refractivity contribution is 7.14. The fraction of sp³-hybridized carbons (Fsp3) is 0.350. The van der Waals surface area contributed by atoms with Gasteiger partial charge in [0.15, 0.2) is 6.29 Å². The molecule has 0 N–H and O–H groups in total. The van der Waals surface area contributed by atoms with Gasteiger partial charge in [-0.05, 0) is 42.5 Å². The van der Waals surface area contributed by atoms with Crippen molar-refractivity contribution in [3.05, 3.63) is 63.9 Å². The van der Waals surface area contributed by atoms with Gasteiger partial charge in [-0.15, -0.1) is 11.3 Å². The molecule has 118 valence electrons. The van der Waals surface area contributed by atoms with Gasteiger partial charge in [0.05, 0.1) is 4.88 Å². The quantitative estimate of drug-likeness (QED) is 0.755. The van der Waals surface area contributed by atoms with Gasteiger partial charge in [-0.1, -0.05) is 42.8 Å². The summed E-state index contributed by atoms with van der Waals surface area (Å²) in [5.41, 5.74) is 2.85. The first-order valence-electron chi connectivity index (χ1n) is 8.39. The second-order valence-electron chi connectivity index (χ2n) is 6.53. The van der Waals surface area contributed by atoms with Crippen molar-refractivity contribution in [3.8, 4) is 0 Å². The van der Waals surface area contributed by atoms with Crippen LogP contribution in [0.1, 0.15) is 45.8 Å². The largest absolute Gasteiger partial charge is 0.297 e. The zero-order chi connectivity index (χ0) is 15.6.